The number of anilines is 1. The van der Waals surface area contributed by atoms with Crippen molar-refractivity contribution in [2.24, 2.45) is 5.92 Å². The van der Waals surface area contributed by atoms with Gasteiger partial charge in [0.25, 0.3) is 5.91 Å². The predicted molar refractivity (Wildman–Crippen MR) is 84.0 cm³/mol. The number of carbonyl (C=O) groups is 2. The molecule has 0 spiro atoms. The molecule has 6 heteroatoms. The van der Waals surface area contributed by atoms with Crippen LogP contribution in [0.2, 0.25) is 0 Å². The van der Waals surface area contributed by atoms with Gasteiger partial charge >= 0.3 is 0 Å². The van der Waals surface area contributed by atoms with Crippen molar-refractivity contribution < 1.29 is 9.59 Å². The van der Waals surface area contributed by atoms with Crippen molar-refractivity contribution in [2.75, 3.05) is 18.8 Å². The molecule has 4 N–H and O–H groups in total. The number of aromatic nitrogens is 1. The topological polar surface area (TPSA) is 89.2 Å². The van der Waals surface area contributed by atoms with E-state index in [9.17, 15) is 9.59 Å². The number of nitrogen functional groups attached to an aromatic ring is 1. The summed E-state index contributed by atoms with van der Waals surface area (Å²) in [6, 6.07) is 1.80. The van der Waals surface area contributed by atoms with E-state index in [1.54, 1.807) is 12.3 Å². The molecular formula is C15H26N4O2. The SMILES string of the molecule is CC(C)CNC(=O)CCNC(=O)c1cc(N)cn1C(C)C. The Bertz CT molecular complexity index is 492. The van der Waals surface area contributed by atoms with E-state index in [0.717, 1.165) is 0 Å². The van der Waals surface area contributed by atoms with Gasteiger partial charge in [0.05, 0.1) is 5.69 Å². The van der Waals surface area contributed by atoms with E-state index in [-0.39, 0.29) is 24.3 Å². The molecule has 0 fully saturated rings. The lowest BCUT2D eigenvalue weighted by Crippen LogP contribution is -2.33. The number of carbonyl (C=O) groups excluding carboxylic acids is 2. The van der Waals surface area contributed by atoms with Crippen LogP contribution in [0.5, 0.6) is 0 Å². The summed E-state index contributed by atoms with van der Waals surface area (Å²) in [5.41, 5.74) is 6.81. The third kappa shape index (κ3) is 5.49. The second-order valence-corrected chi connectivity index (χ2v) is 5.86. The lowest BCUT2D eigenvalue weighted by atomic mass is 10.2. The molecule has 1 aromatic heterocycles. The fourth-order valence-electron chi connectivity index (χ4n) is 1.90. The van der Waals surface area contributed by atoms with Crippen molar-refractivity contribution in [2.45, 2.75) is 40.2 Å². The van der Waals surface area contributed by atoms with E-state index >= 15 is 0 Å². The number of nitrogens with one attached hydrogen (secondary N) is 2. The summed E-state index contributed by atoms with van der Waals surface area (Å²) in [6.45, 7) is 9.00. The van der Waals surface area contributed by atoms with Crippen LogP contribution in [-0.4, -0.2) is 29.5 Å². The van der Waals surface area contributed by atoms with Gasteiger partial charge in [0, 0.05) is 31.7 Å². The molecule has 0 aromatic carbocycles. The third-order valence-corrected chi connectivity index (χ3v) is 3.00. The van der Waals surface area contributed by atoms with Crippen molar-refractivity contribution >= 4 is 17.5 Å². The minimum Gasteiger partial charge on any atom is -0.397 e. The number of hydrogen-bond donors (Lipinski definition) is 3. The Morgan fingerprint density at radius 2 is 1.90 bits per heavy atom. The summed E-state index contributed by atoms with van der Waals surface area (Å²) in [5, 5.41) is 5.56. The average molecular weight is 294 g/mol. The maximum atomic E-state index is 12.1. The Kier molecular flexibility index (Phi) is 6.27. The van der Waals surface area contributed by atoms with E-state index in [0.29, 0.717) is 30.4 Å². The van der Waals surface area contributed by atoms with Crippen molar-refractivity contribution in [1.29, 1.82) is 0 Å². The van der Waals surface area contributed by atoms with Gasteiger partial charge in [-0.25, -0.2) is 0 Å². The van der Waals surface area contributed by atoms with Crippen LogP contribution in [0.25, 0.3) is 0 Å². The first kappa shape index (κ1) is 17.1. The lowest BCUT2D eigenvalue weighted by Gasteiger charge is -2.12. The average Bonchev–Trinajstić information content (AvgIpc) is 2.78. The first-order valence-corrected chi connectivity index (χ1v) is 7.33. The molecule has 0 radical (unpaired) electrons. The molecule has 0 aliphatic rings. The first-order chi connectivity index (χ1) is 9.81. The Labute approximate surface area is 126 Å². The fraction of sp³-hybridized carbons (Fsp3) is 0.600. The summed E-state index contributed by atoms with van der Waals surface area (Å²) >= 11 is 0. The van der Waals surface area contributed by atoms with Crippen LogP contribution in [0.3, 0.4) is 0 Å². The van der Waals surface area contributed by atoms with Crippen LogP contribution >= 0.6 is 0 Å². The zero-order valence-electron chi connectivity index (χ0n) is 13.3. The second-order valence-electron chi connectivity index (χ2n) is 5.86. The van der Waals surface area contributed by atoms with Gasteiger partial charge in [-0.1, -0.05) is 13.8 Å². The van der Waals surface area contributed by atoms with Crippen LogP contribution in [0, 0.1) is 5.92 Å². The normalized spacial score (nSPS) is 11.0. The summed E-state index contributed by atoms with van der Waals surface area (Å²) in [7, 11) is 0. The first-order valence-electron chi connectivity index (χ1n) is 7.33. The highest BCUT2D eigenvalue weighted by Crippen LogP contribution is 2.16. The van der Waals surface area contributed by atoms with Crippen molar-refractivity contribution in [3.05, 3.63) is 18.0 Å². The molecule has 1 aromatic rings. The second kappa shape index (κ2) is 7.71. The van der Waals surface area contributed by atoms with Gasteiger partial charge in [-0.15, -0.1) is 0 Å². The number of nitrogens with two attached hydrogens (primary N) is 1. The van der Waals surface area contributed by atoms with Gasteiger partial charge in [-0.05, 0) is 25.8 Å². The van der Waals surface area contributed by atoms with Crippen molar-refractivity contribution in [1.82, 2.24) is 15.2 Å². The smallest absolute Gasteiger partial charge is 0.268 e. The molecule has 21 heavy (non-hydrogen) atoms. The summed E-state index contributed by atoms with van der Waals surface area (Å²) in [6.07, 6.45) is 2.02. The van der Waals surface area contributed by atoms with E-state index in [4.69, 9.17) is 5.73 Å². The standard InChI is InChI=1S/C15H26N4O2/c1-10(2)8-18-14(20)5-6-17-15(21)13-7-12(16)9-19(13)11(3)4/h7,9-11H,5-6,8,16H2,1-4H3,(H,17,21)(H,18,20). The Morgan fingerprint density at radius 1 is 1.24 bits per heavy atom. The van der Waals surface area contributed by atoms with E-state index < -0.39 is 0 Å². The Hall–Kier alpha value is -1.98. The number of rotatable bonds is 7. The maximum absolute atomic E-state index is 12.1. The molecular weight excluding hydrogens is 268 g/mol. The Morgan fingerprint density at radius 3 is 2.48 bits per heavy atom. The van der Waals surface area contributed by atoms with Gasteiger partial charge in [-0.2, -0.15) is 0 Å². The monoisotopic (exact) mass is 294 g/mol. The molecule has 6 nitrogen and oxygen atoms in total. The van der Waals surface area contributed by atoms with Crippen molar-refractivity contribution in [3.63, 3.8) is 0 Å². The molecule has 0 saturated carbocycles. The molecule has 2 amide bonds. The van der Waals surface area contributed by atoms with Crippen LogP contribution < -0.4 is 16.4 Å². The van der Waals surface area contributed by atoms with E-state index in [1.165, 1.54) is 0 Å². The van der Waals surface area contributed by atoms with Gasteiger partial charge < -0.3 is 20.9 Å². The van der Waals surface area contributed by atoms with Crippen LogP contribution in [-0.2, 0) is 4.79 Å². The summed E-state index contributed by atoms with van der Waals surface area (Å²) in [5.74, 6) is 0.153. The van der Waals surface area contributed by atoms with E-state index in [1.807, 2.05) is 32.3 Å². The molecule has 1 heterocycles. The molecule has 1 rings (SSSR count). The molecule has 0 aliphatic heterocycles. The van der Waals surface area contributed by atoms with Crippen LogP contribution in [0.4, 0.5) is 5.69 Å². The zero-order chi connectivity index (χ0) is 16.0. The summed E-state index contributed by atoms with van der Waals surface area (Å²) in [4.78, 5) is 23.7. The molecule has 0 aliphatic carbocycles. The number of nitrogens with zero attached hydrogens (tertiary/aromatic N) is 1. The van der Waals surface area contributed by atoms with Gasteiger partial charge in [-0.3, -0.25) is 9.59 Å². The fourth-order valence-corrected chi connectivity index (χ4v) is 1.90. The maximum Gasteiger partial charge on any atom is 0.268 e. The number of amides is 2. The Balaban J connectivity index is 2.46. The van der Waals surface area contributed by atoms with Crippen molar-refractivity contribution in [3.8, 4) is 0 Å². The van der Waals surface area contributed by atoms with Gasteiger partial charge in [0.15, 0.2) is 0 Å². The molecule has 118 valence electrons. The minimum atomic E-state index is -0.211. The molecule has 0 unspecified atom stereocenters. The highest BCUT2D eigenvalue weighted by Gasteiger charge is 2.14. The largest absolute Gasteiger partial charge is 0.397 e. The van der Waals surface area contributed by atoms with E-state index in [2.05, 4.69) is 10.6 Å². The molecule has 0 saturated heterocycles. The quantitative estimate of drug-likeness (QED) is 0.712. The van der Waals surface area contributed by atoms with Crippen LogP contribution in [0.15, 0.2) is 12.3 Å². The molecule has 0 bridgehead atoms. The highest BCUT2D eigenvalue weighted by molar-refractivity contribution is 5.94. The minimum absolute atomic E-state index is 0.0530. The predicted octanol–water partition coefficient (Wildman–Crippen LogP) is 1.54. The van der Waals surface area contributed by atoms with Gasteiger partial charge in [0.2, 0.25) is 5.91 Å². The lowest BCUT2D eigenvalue weighted by molar-refractivity contribution is -0.121. The van der Waals surface area contributed by atoms with Gasteiger partial charge in [0.1, 0.15) is 5.69 Å². The highest BCUT2D eigenvalue weighted by atomic mass is 16.2. The molecule has 0 atom stereocenters. The van der Waals surface area contributed by atoms with Crippen LogP contribution in [0.1, 0.15) is 50.6 Å². The summed E-state index contributed by atoms with van der Waals surface area (Å²) < 4.78 is 1.82. The zero-order valence-corrected chi connectivity index (χ0v) is 13.3. The third-order valence-electron chi connectivity index (χ3n) is 3.00. The number of hydrogen-bond acceptors (Lipinski definition) is 3.